The third-order valence-corrected chi connectivity index (χ3v) is 4.27. The molecule has 0 aliphatic rings. The first-order chi connectivity index (χ1) is 15.0. The summed E-state index contributed by atoms with van der Waals surface area (Å²) in [6.45, 7) is -0.0714. The number of ether oxygens (including phenoxy) is 4. The molecular weight excluding hydrogens is 409 g/mol. The summed E-state index contributed by atoms with van der Waals surface area (Å²) in [6.07, 6.45) is 0. The SMILES string of the molecule is COC(=O)c1cc(OC)c(OC)cc1NC(=O)c1ccc(COc2ccccc2F)o1. The number of rotatable bonds is 8. The number of carbonyl (C=O) groups is 2. The van der Waals surface area contributed by atoms with Crippen molar-refractivity contribution in [2.45, 2.75) is 6.61 Å². The van der Waals surface area contributed by atoms with Gasteiger partial charge in [0.15, 0.2) is 28.8 Å². The van der Waals surface area contributed by atoms with E-state index in [9.17, 15) is 14.0 Å². The molecule has 0 spiro atoms. The molecule has 31 heavy (non-hydrogen) atoms. The lowest BCUT2D eigenvalue weighted by atomic mass is 10.1. The first kappa shape index (κ1) is 21.7. The van der Waals surface area contributed by atoms with Crippen LogP contribution < -0.4 is 19.5 Å². The standard InChI is InChI=1S/C22H20FNO7/c1-27-19-10-14(22(26)29-3)16(11-20(19)28-2)24-21(25)18-9-8-13(31-18)12-30-17-7-5-4-6-15(17)23/h4-11H,12H2,1-3H3,(H,24,25). The minimum absolute atomic E-state index is 0.0299. The molecule has 0 aliphatic carbocycles. The van der Waals surface area contributed by atoms with Gasteiger partial charge in [-0.05, 0) is 24.3 Å². The van der Waals surface area contributed by atoms with Crippen LogP contribution in [0.5, 0.6) is 17.2 Å². The van der Waals surface area contributed by atoms with E-state index in [2.05, 4.69) is 5.32 Å². The summed E-state index contributed by atoms with van der Waals surface area (Å²) in [7, 11) is 4.07. The van der Waals surface area contributed by atoms with Crippen molar-refractivity contribution in [3.63, 3.8) is 0 Å². The van der Waals surface area contributed by atoms with E-state index in [0.29, 0.717) is 17.3 Å². The number of halogens is 1. The van der Waals surface area contributed by atoms with Crippen molar-refractivity contribution in [1.82, 2.24) is 0 Å². The van der Waals surface area contributed by atoms with Gasteiger partial charge in [-0.2, -0.15) is 0 Å². The number of anilines is 1. The Morgan fingerprint density at radius 2 is 1.68 bits per heavy atom. The van der Waals surface area contributed by atoms with Crippen molar-refractivity contribution in [1.29, 1.82) is 0 Å². The predicted molar refractivity (Wildman–Crippen MR) is 108 cm³/mol. The average Bonchev–Trinajstić information content (AvgIpc) is 3.27. The second-order valence-electron chi connectivity index (χ2n) is 6.18. The smallest absolute Gasteiger partial charge is 0.340 e. The quantitative estimate of drug-likeness (QED) is 0.540. The molecule has 0 atom stereocenters. The van der Waals surface area contributed by atoms with Gasteiger partial charge in [-0.25, -0.2) is 9.18 Å². The lowest BCUT2D eigenvalue weighted by molar-refractivity contribution is 0.0601. The molecule has 1 N–H and O–H groups in total. The minimum atomic E-state index is -0.672. The lowest BCUT2D eigenvalue weighted by Gasteiger charge is -2.14. The predicted octanol–water partition coefficient (Wildman–Crippen LogP) is 4.05. The summed E-state index contributed by atoms with van der Waals surface area (Å²) in [5.41, 5.74) is 0.221. The summed E-state index contributed by atoms with van der Waals surface area (Å²) in [6, 6.07) is 11.8. The molecule has 0 bridgehead atoms. The Kier molecular flexibility index (Phi) is 6.76. The van der Waals surface area contributed by atoms with E-state index in [1.54, 1.807) is 12.1 Å². The third-order valence-electron chi connectivity index (χ3n) is 4.27. The number of amides is 1. The van der Waals surface area contributed by atoms with E-state index >= 15 is 0 Å². The molecule has 0 radical (unpaired) electrons. The van der Waals surface area contributed by atoms with Gasteiger partial charge in [0.1, 0.15) is 12.4 Å². The van der Waals surface area contributed by atoms with Gasteiger partial charge in [0.25, 0.3) is 5.91 Å². The molecule has 1 heterocycles. The molecule has 0 fully saturated rings. The van der Waals surface area contributed by atoms with Gasteiger partial charge in [-0.15, -0.1) is 0 Å². The molecular formula is C22H20FNO7. The normalized spacial score (nSPS) is 10.3. The van der Waals surface area contributed by atoms with Crippen LogP contribution in [0.4, 0.5) is 10.1 Å². The van der Waals surface area contributed by atoms with Gasteiger partial charge in [-0.3, -0.25) is 4.79 Å². The maximum absolute atomic E-state index is 13.6. The molecule has 1 amide bonds. The van der Waals surface area contributed by atoms with E-state index in [1.807, 2.05) is 0 Å². The van der Waals surface area contributed by atoms with Gasteiger partial charge in [-0.1, -0.05) is 12.1 Å². The van der Waals surface area contributed by atoms with Crippen molar-refractivity contribution in [3.8, 4) is 17.2 Å². The van der Waals surface area contributed by atoms with Gasteiger partial charge in [0, 0.05) is 12.1 Å². The van der Waals surface area contributed by atoms with Gasteiger partial charge >= 0.3 is 5.97 Å². The van der Waals surface area contributed by atoms with Crippen LogP contribution in [-0.2, 0) is 11.3 Å². The fourth-order valence-corrected chi connectivity index (χ4v) is 2.73. The largest absolute Gasteiger partial charge is 0.493 e. The number of benzene rings is 2. The Morgan fingerprint density at radius 3 is 2.35 bits per heavy atom. The van der Waals surface area contributed by atoms with E-state index in [4.69, 9.17) is 23.4 Å². The van der Waals surface area contributed by atoms with Crippen LogP contribution >= 0.6 is 0 Å². The highest BCUT2D eigenvalue weighted by molar-refractivity contribution is 6.07. The van der Waals surface area contributed by atoms with Crippen molar-refractivity contribution < 1.29 is 37.3 Å². The summed E-state index contributed by atoms with van der Waals surface area (Å²) >= 11 is 0. The van der Waals surface area contributed by atoms with Gasteiger partial charge in [0.05, 0.1) is 32.6 Å². The first-order valence-corrected chi connectivity index (χ1v) is 9.08. The number of carbonyl (C=O) groups excluding carboxylic acids is 2. The minimum Gasteiger partial charge on any atom is -0.493 e. The Labute approximate surface area is 177 Å². The van der Waals surface area contributed by atoms with E-state index in [1.165, 1.54) is 57.7 Å². The second-order valence-corrected chi connectivity index (χ2v) is 6.18. The van der Waals surface area contributed by atoms with Crippen LogP contribution in [0, 0.1) is 5.82 Å². The van der Waals surface area contributed by atoms with Crippen LogP contribution in [0.25, 0.3) is 0 Å². The molecule has 0 saturated carbocycles. The van der Waals surface area contributed by atoms with E-state index in [0.717, 1.165) is 0 Å². The highest BCUT2D eigenvalue weighted by Crippen LogP contribution is 2.34. The Balaban J connectivity index is 1.77. The number of methoxy groups -OCH3 is 3. The number of para-hydroxylation sites is 1. The van der Waals surface area contributed by atoms with Crippen molar-refractivity contribution in [2.24, 2.45) is 0 Å². The maximum Gasteiger partial charge on any atom is 0.340 e. The first-order valence-electron chi connectivity index (χ1n) is 9.08. The fraction of sp³-hybridized carbons (Fsp3) is 0.182. The van der Waals surface area contributed by atoms with Crippen LogP contribution in [0.1, 0.15) is 26.7 Å². The topological polar surface area (TPSA) is 96.2 Å². The maximum atomic E-state index is 13.6. The number of esters is 1. The van der Waals surface area contributed by atoms with Crippen molar-refractivity contribution in [2.75, 3.05) is 26.6 Å². The number of hydrogen-bond acceptors (Lipinski definition) is 7. The van der Waals surface area contributed by atoms with Crippen LogP contribution in [0.2, 0.25) is 0 Å². The Morgan fingerprint density at radius 1 is 0.968 bits per heavy atom. The molecule has 3 aromatic rings. The lowest BCUT2D eigenvalue weighted by Crippen LogP contribution is -2.15. The van der Waals surface area contributed by atoms with Gasteiger partial charge in [0.2, 0.25) is 0 Å². The summed E-state index contributed by atoms with van der Waals surface area (Å²) in [5.74, 6) is -0.833. The summed E-state index contributed by atoms with van der Waals surface area (Å²) in [4.78, 5) is 24.8. The molecule has 8 nitrogen and oxygen atoms in total. The Hall–Kier alpha value is -4.01. The van der Waals surface area contributed by atoms with Crippen molar-refractivity contribution >= 4 is 17.6 Å². The highest BCUT2D eigenvalue weighted by Gasteiger charge is 2.21. The summed E-state index contributed by atoms with van der Waals surface area (Å²) in [5, 5.41) is 2.59. The molecule has 0 saturated heterocycles. The zero-order valence-corrected chi connectivity index (χ0v) is 17.1. The fourth-order valence-electron chi connectivity index (χ4n) is 2.73. The zero-order valence-electron chi connectivity index (χ0n) is 17.1. The van der Waals surface area contributed by atoms with E-state index < -0.39 is 17.7 Å². The van der Waals surface area contributed by atoms with Gasteiger partial charge < -0.3 is 28.7 Å². The molecule has 2 aromatic carbocycles. The second kappa shape index (κ2) is 9.66. The zero-order chi connectivity index (χ0) is 22.4. The molecule has 1 aromatic heterocycles. The van der Waals surface area contributed by atoms with Crippen LogP contribution in [0.3, 0.4) is 0 Å². The molecule has 9 heteroatoms. The highest BCUT2D eigenvalue weighted by atomic mass is 19.1. The number of furan rings is 1. The monoisotopic (exact) mass is 429 g/mol. The third kappa shape index (κ3) is 4.95. The number of nitrogens with one attached hydrogen (secondary N) is 1. The van der Waals surface area contributed by atoms with E-state index in [-0.39, 0.29) is 29.4 Å². The molecule has 0 unspecified atom stereocenters. The summed E-state index contributed by atoms with van der Waals surface area (Å²) < 4.78 is 39.7. The molecule has 162 valence electrons. The molecule has 3 rings (SSSR count). The Bertz CT molecular complexity index is 1090. The molecule has 0 aliphatic heterocycles. The van der Waals surface area contributed by atoms with Crippen molar-refractivity contribution in [3.05, 3.63) is 71.4 Å². The number of hydrogen-bond donors (Lipinski definition) is 1. The average molecular weight is 429 g/mol. The van der Waals surface area contributed by atoms with Crippen LogP contribution in [-0.4, -0.2) is 33.2 Å². The van der Waals surface area contributed by atoms with Crippen LogP contribution in [0.15, 0.2) is 52.9 Å².